The van der Waals surface area contributed by atoms with Crippen LogP contribution in [0.1, 0.15) is 12.0 Å². The first kappa shape index (κ1) is 14.5. The van der Waals surface area contributed by atoms with Crippen LogP contribution in [0.4, 0.5) is 18.9 Å². The van der Waals surface area contributed by atoms with Gasteiger partial charge in [0.2, 0.25) is 5.91 Å². The van der Waals surface area contributed by atoms with Crippen molar-refractivity contribution in [2.24, 2.45) is 0 Å². The molecule has 94 valence electrons. The molecule has 7 heteroatoms. The van der Waals surface area contributed by atoms with Crippen LogP contribution in [0.5, 0.6) is 0 Å². The van der Waals surface area contributed by atoms with Crippen LogP contribution in [0.2, 0.25) is 0 Å². The number of carbonyl (C=O) groups excluding carboxylic acids is 1. The summed E-state index contributed by atoms with van der Waals surface area (Å²) in [5, 5.41) is 2.85. The van der Waals surface area contributed by atoms with E-state index in [1.54, 1.807) is 0 Å². The van der Waals surface area contributed by atoms with Crippen LogP contribution in [0.3, 0.4) is 0 Å². The van der Waals surface area contributed by atoms with Gasteiger partial charge in [-0.25, -0.2) is 0 Å². The molecular formula is C10H8Br2F3NO. The second-order valence-electron chi connectivity index (χ2n) is 3.21. The smallest absolute Gasteiger partial charge is 0.326 e. The van der Waals surface area contributed by atoms with E-state index in [0.717, 1.165) is 12.1 Å². The van der Waals surface area contributed by atoms with Crippen molar-refractivity contribution in [1.82, 2.24) is 0 Å². The van der Waals surface area contributed by atoms with Crippen molar-refractivity contribution in [3.05, 3.63) is 28.2 Å². The lowest BCUT2D eigenvalue weighted by Crippen LogP contribution is -2.13. The molecule has 0 bridgehead atoms. The molecule has 0 unspecified atom stereocenters. The van der Waals surface area contributed by atoms with Gasteiger partial charge in [-0.05, 0) is 18.2 Å². The fourth-order valence-corrected chi connectivity index (χ4v) is 1.99. The molecule has 0 fully saturated rings. The summed E-state index contributed by atoms with van der Waals surface area (Å²) < 4.78 is 37.7. The zero-order valence-electron chi connectivity index (χ0n) is 8.44. The molecule has 0 radical (unpaired) electrons. The van der Waals surface area contributed by atoms with Crippen LogP contribution in [0, 0.1) is 0 Å². The summed E-state index contributed by atoms with van der Waals surface area (Å²) in [5.41, 5.74) is -0.682. The second-order valence-corrected chi connectivity index (χ2v) is 4.92. The molecule has 0 aliphatic heterocycles. The normalized spacial score (nSPS) is 11.4. The van der Waals surface area contributed by atoms with Gasteiger partial charge in [0.05, 0.1) is 5.56 Å². The molecule has 0 aromatic heterocycles. The summed E-state index contributed by atoms with van der Waals surface area (Å²) in [6.45, 7) is 0. The van der Waals surface area contributed by atoms with Crippen LogP contribution < -0.4 is 5.32 Å². The lowest BCUT2D eigenvalue weighted by atomic mass is 10.2. The van der Waals surface area contributed by atoms with Crippen LogP contribution >= 0.6 is 31.9 Å². The summed E-state index contributed by atoms with van der Waals surface area (Å²) in [5.74, 6) is -0.340. The average Bonchev–Trinajstić information content (AvgIpc) is 2.15. The van der Waals surface area contributed by atoms with Gasteiger partial charge in [-0.3, -0.25) is 4.79 Å². The zero-order valence-corrected chi connectivity index (χ0v) is 11.6. The molecule has 0 heterocycles. The predicted molar refractivity (Wildman–Crippen MR) is 66.2 cm³/mol. The van der Waals surface area contributed by atoms with E-state index < -0.39 is 11.7 Å². The Morgan fingerprint density at radius 3 is 2.47 bits per heavy atom. The Morgan fingerprint density at radius 2 is 1.94 bits per heavy atom. The Bertz CT molecular complexity index is 421. The highest BCUT2D eigenvalue weighted by atomic mass is 79.9. The molecule has 0 atom stereocenters. The molecule has 2 nitrogen and oxygen atoms in total. The number of nitrogens with one attached hydrogen (secondary N) is 1. The van der Waals surface area contributed by atoms with Gasteiger partial charge in [-0.1, -0.05) is 31.9 Å². The third-order valence-electron chi connectivity index (χ3n) is 1.83. The molecule has 1 amide bonds. The van der Waals surface area contributed by atoms with E-state index in [0.29, 0.717) is 5.33 Å². The average molecular weight is 375 g/mol. The van der Waals surface area contributed by atoms with Gasteiger partial charge in [-0.2, -0.15) is 13.2 Å². The maximum absolute atomic E-state index is 12.5. The number of carbonyl (C=O) groups is 1. The first-order valence-corrected chi connectivity index (χ1v) is 6.48. The molecular weight excluding hydrogens is 367 g/mol. The van der Waals surface area contributed by atoms with E-state index in [9.17, 15) is 18.0 Å². The van der Waals surface area contributed by atoms with Crippen molar-refractivity contribution in [1.29, 1.82) is 0 Å². The first-order chi connectivity index (χ1) is 7.82. The van der Waals surface area contributed by atoms with E-state index in [2.05, 4.69) is 37.2 Å². The minimum atomic E-state index is -4.43. The number of hydrogen-bond donors (Lipinski definition) is 1. The number of anilines is 1. The molecule has 0 aliphatic rings. The van der Waals surface area contributed by atoms with Gasteiger partial charge in [0.25, 0.3) is 0 Å². The van der Waals surface area contributed by atoms with E-state index in [1.165, 1.54) is 6.07 Å². The van der Waals surface area contributed by atoms with Gasteiger partial charge < -0.3 is 5.32 Å². The fourth-order valence-electron chi connectivity index (χ4n) is 1.13. The molecule has 1 aromatic rings. The Hall–Kier alpha value is -0.560. The van der Waals surface area contributed by atoms with E-state index in [1.807, 2.05) is 0 Å². The molecule has 1 N–H and O–H groups in total. The lowest BCUT2D eigenvalue weighted by molar-refractivity contribution is -0.137. The van der Waals surface area contributed by atoms with Gasteiger partial charge >= 0.3 is 6.18 Å². The maximum Gasteiger partial charge on any atom is 0.416 e. The third-order valence-corrected chi connectivity index (χ3v) is 2.68. The number of alkyl halides is 4. The minimum Gasteiger partial charge on any atom is -0.326 e. The van der Waals surface area contributed by atoms with Gasteiger partial charge in [0.15, 0.2) is 0 Å². The van der Waals surface area contributed by atoms with Gasteiger partial charge in [-0.15, -0.1) is 0 Å². The number of halogens is 5. The zero-order chi connectivity index (χ0) is 13.1. The molecule has 1 rings (SSSR count). The highest BCUT2D eigenvalue weighted by Gasteiger charge is 2.31. The van der Waals surface area contributed by atoms with E-state index in [-0.39, 0.29) is 22.5 Å². The van der Waals surface area contributed by atoms with Crippen LogP contribution in [0.15, 0.2) is 22.7 Å². The Morgan fingerprint density at radius 1 is 1.29 bits per heavy atom. The molecule has 1 aromatic carbocycles. The summed E-state index contributed by atoms with van der Waals surface area (Å²) in [6.07, 6.45) is -4.23. The Labute approximate surface area is 113 Å². The second kappa shape index (κ2) is 5.86. The number of hydrogen-bond acceptors (Lipinski definition) is 1. The van der Waals surface area contributed by atoms with Crippen molar-refractivity contribution in [3.63, 3.8) is 0 Å². The summed E-state index contributed by atoms with van der Waals surface area (Å²) >= 11 is 6.05. The molecule has 17 heavy (non-hydrogen) atoms. The van der Waals surface area contributed by atoms with Crippen molar-refractivity contribution in [2.45, 2.75) is 12.6 Å². The van der Waals surface area contributed by atoms with Crippen molar-refractivity contribution in [3.8, 4) is 0 Å². The van der Waals surface area contributed by atoms with Crippen molar-refractivity contribution < 1.29 is 18.0 Å². The van der Waals surface area contributed by atoms with Crippen molar-refractivity contribution in [2.75, 3.05) is 10.6 Å². The third kappa shape index (κ3) is 4.67. The Balaban J connectivity index is 2.94. The molecule has 0 saturated heterocycles. The first-order valence-electron chi connectivity index (χ1n) is 4.56. The minimum absolute atomic E-state index is 0.123. The van der Waals surface area contributed by atoms with Crippen LogP contribution in [0.25, 0.3) is 0 Å². The van der Waals surface area contributed by atoms with Crippen LogP contribution in [-0.4, -0.2) is 11.2 Å². The SMILES string of the molecule is O=C(CCBr)Nc1cc(Br)cc(C(F)(F)F)c1. The van der Waals surface area contributed by atoms with Gasteiger partial charge in [0, 0.05) is 21.9 Å². The topological polar surface area (TPSA) is 29.1 Å². The Kier molecular flexibility index (Phi) is 5.00. The standard InChI is InChI=1S/C10H8Br2F3NO/c11-2-1-9(17)16-8-4-6(10(13,14)15)3-7(12)5-8/h3-5H,1-2H2,(H,16,17). The molecule has 0 aliphatic carbocycles. The van der Waals surface area contributed by atoms with E-state index in [4.69, 9.17) is 0 Å². The highest BCUT2D eigenvalue weighted by Crippen LogP contribution is 2.33. The van der Waals surface area contributed by atoms with Crippen LogP contribution in [-0.2, 0) is 11.0 Å². The number of benzene rings is 1. The summed E-state index contributed by atoms with van der Waals surface area (Å²) in [4.78, 5) is 11.2. The largest absolute Gasteiger partial charge is 0.416 e. The highest BCUT2D eigenvalue weighted by molar-refractivity contribution is 9.10. The fraction of sp³-hybridized carbons (Fsp3) is 0.300. The lowest BCUT2D eigenvalue weighted by Gasteiger charge is -2.10. The molecule has 0 saturated carbocycles. The monoisotopic (exact) mass is 373 g/mol. The van der Waals surface area contributed by atoms with Gasteiger partial charge in [0.1, 0.15) is 0 Å². The quantitative estimate of drug-likeness (QED) is 0.789. The number of amides is 1. The number of rotatable bonds is 3. The van der Waals surface area contributed by atoms with E-state index >= 15 is 0 Å². The predicted octanol–water partition coefficient (Wildman–Crippen LogP) is 4.19. The summed E-state index contributed by atoms with van der Waals surface area (Å²) in [7, 11) is 0. The maximum atomic E-state index is 12.5. The molecule has 0 spiro atoms. The van der Waals surface area contributed by atoms with Crippen molar-refractivity contribution >= 4 is 43.5 Å². The summed E-state index contributed by atoms with van der Waals surface area (Å²) in [6, 6.07) is 3.28.